The summed E-state index contributed by atoms with van der Waals surface area (Å²) in [6.07, 6.45) is 3.23. The smallest absolute Gasteiger partial charge is 0.206 e. The Balaban J connectivity index is 1.32. The second-order valence-corrected chi connectivity index (χ2v) is 14.1. The summed E-state index contributed by atoms with van der Waals surface area (Å²) in [6, 6.07) is 20.6. The van der Waals surface area contributed by atoms with E-state index in [1.165, 1.54) is 17.7 Å². The van der Waals surface area contributed by atoms with E-state index < -0.39 is 19.7 Å². The van der Waals surface area contributed by atoms with Crippen molar-refractivity contribution >= 4 is 53.4 Å². The zero-order valence-corrected chi connectivity index (χ0v) is 23.6. The van der Waals surface area contributed by atoms with Crippen LogP contribution in [0.25, 0.3) is 21.5 Å². The van der Waals surface area contributed by atoms with Gasteiger partial charge in [0, 0.05) is 40.8 Å². The average molecular weight is 595 g/mol. The molecule has 4 N–H and O–H groups in total. The van der Waals surface area contributed by atoms with Gasteiger partial charge in [-0.15, -0.1) is 11.3 Å². The number of aromatic nitrogens is 3. The van der Waals surface area contributed by atoms with E-state index in [9.17, 15) is 16.8 Å². The van der Waals surface area contributed by atoms with Crippen LogP contribution >= 0.6 is 11.3 Å². The fourth-order valence-electron chi connectivity index (χ4n) is 3.92. The predicted octanol–water partition coefficient (Wildman–Crippen LogP) is 3.75. The molecule has 0 saturated heterocycles. The van der Waals surface area contributed by atoms with Crippen LogP contribution in [0.4, 0.5) is 11.5 Å². The molecule has 0 radical (unpaired) electrons. The summed E-state index contributed by atoms with van der Waals surface area (Å²) in [5, 5.41) is 7.97. The second kappa shape index (κ2) is 11.8. The maximum absolute atomic E-state index is 12.9. The highest BCUT2D eigenvalue weighted by molar-refractivity contribution is 7.91. The molecule has 0 atom stereocenters. The van der Waals surface area contributed by atoms with E-state index in [1.54, 1.807) is 60.8 Å². The molecule has 13 heteroatoms. The standard InChI is InChI=1S/C27H26N6O4S3/c28-17-39(34,35)13-12-29-15-21-16-30-27(38-21)19-6-11-25-24(14-19)26(32-18-31-25)33-20-7-9-23(10-8-20)40(36,37)22-4-2-1-3-5-22/h1-11,14,16,18,29H,12-13,15,17,28H2,(H,31,32,33). The first-order valence-corrected chi connectivity index (χ1v) is 16.4. The van der Waals surface area contributed by atoms with Gasteiger partial charge in [0.25, 0.3) is 0 Å². The van der Waals surface area contributed by atoms with E-state index in [4.69, 9.17) is 5.73 Å². The normalized spacial score (nSPS) is 12.0. The van der Waals surface area contributed by atoms with E-state index in [-0.39, 0.29) is 21.4 Å². The van der Waals surface area contributed by atoms with Crippen molar-refractivity contribution in [3.63, 3.8) is 0 Å². The number of fused-ring (bicyclic) bond motifs is 1. The molecule has 0 bridgehead atoms. The van der Waals surface area contributed by atoms with Crippen molar-refractivity contribution in [1.82, 2.24) is 20.3 Å². The van der Waals surface area contributed by atoms with Gasteiger partial charge in [-0.05, 0) is 54.6 Å². The Morgan fingerprint density at radius 2 is 1.60 bits per heavy atom. The number of nitrogens with two attached hydrogens (primary N) is 1. The van der Waals surface area contributed by atoms with Crippen LogP contribution < -0.4 is 16.4 Å². The van der Waals surface area contributed by atoms with Crippen molar-refractivity contribution in [3.8, 4) is 10.6 Å². The lowest BCUT2D eigenvalue weighted by atomic mass is 10.1. The third-order valence-corrected chi connectivity index (χ3v) is 10.2. The lowest BCUT2D eigenvalue weighted by Gasteiger charge is -2.10. The lowest BCUT2D eigenvalue weighted by Crippen LogP contribution is -2.26. The van der Waals surface area contributed by atoms with Crippen LogP contribution in [0.3, 0.4) is 0 Å². The van der Waals surface area contributed by atoms with Crippen LogP contribution in [-0.4, -0.2) is 50.0 Å². The van der Waals surface area contributed by atoms with Crippen molar-refractivity contribution in [3.05, 3.63) is 90.2 Å². The molecule has 0 unspecified atom stereocenters. The first-order chi connectivity index (χ1) is 19.2. The molecule has 3 aromatic carbocycles. The summed E-state index contributed by atoms with van der Waals surface area (Å²) in [5.41, 5.74) is 7.55. The van der Waals surface area contributed by atoms with Crippen LogP contribution in [0.1, 0.15) is 4.88 Å². The van der Waals surface area contributed by atoms with Crippen molar-refractivity contribution in [2.24, 2.45) is 5.73 Å². The highest BCUT2D eigenvalue weighted by Gasteiger charge is 2.17. The first kappa shape index (κ1) is 27.8. The Labute approximate surface area is 236 Å². The van der Waals surface area contributed by atoms with Crippen molar-refractivity contribution in [2.75, 3.05) is 23.5 Å². The van der Waals surface area contributed by atoms with Gasteiger partial charge in [0.05, 0.1) is 26.9 Å². The summed E-state index contributed by atoms with van der Waals surface area (Å²) < 4.78 is 48.9. The maximum atomic E-state index is 12.9. The highest BCUT2D eigenvalue weighted by atomic mass is 32.2. The SMILES string of the molecule is NCS(=O)(=O)CCNCc1cnc(-c2ccc3ncnc(Nc4ccc(S(=O)(=O)c5ccccc5)cc4)c3c2)s1. The van der Waals surface area contributed by atoms with Crippen LogP contribution in [0.15, 0.2) is 95.1 Å². The number of hydrogen-bond donors (Lipinski definition) is 3. The first-order valence-electron chi connectivity index (χ1n) is 12.2. The number of nitrogens with zero attached hydrogens (tertiary/aromatic N) is 3. The third kappa shape index (κ3) is 6.35. The predicted molar refractivity (Wildman–Crippen MR) is 157 cm³/mol. The topological polar surface area (TPSA) is 157 Å². The van der Waals surface area contributed by atoms with E-state index in [1.807, 2.05) is 18.2 Å². The molecule has 5 aromatic rings. The van der Waals surface area contributed by atoms with Gasteiger partial charge < -0.3 is 16.4 Å². The van der Waals surface area contributed by atoms with Crippen LogP contribution in [0, 0.1) is 0 Å². The molecule has 0 spiro atoms. The van der Waals surface area contributed by atoms with Gasteiger partial charge in [-0.25, -0.2) is 31.8 Å². The van der Waals surface area contributed by atoms with Crippen LogP contribution in [0.5, 0.6) is 0 Å². The molecule has 0 fully saturated rings. The lowest BCUT2D eigenvalue weighted by molar-refractivity contribution is 0.590. The van der Waals surface area contributed by atoms with Gasteiger partial charge >= 0.3 is 0 Å². The zero-order valence-electron chi connectivity index (χ0n) is 21.2. The molecule has 0 aliphatic rings. The zero-order chi connectivity index (χ0) is 28.2. The van der Waals surface area contributed by atoms with E-state index >= 15 is 0 Å². The summed E-state index contributed by atoms with van der Waals surface area (Å²) in [5.74, 6) is 0.204. The molecule has 206 valence electrons. The highest BCUT2D eigenvalue weighted by Crippen LogP contribution is 2.31. The summed E-state index contributed by atoms with van der Waals surface area (Å²) in [7, 11) is -6.83. The van der Waals surface area contributed by atoms with Crippen molar-refractivity contribution in [2.45, 2.75) is 16.3 Å². The van der Waals surface area contributed by atoms with Gasteiger partial charge in [-0.2, -0.15) is 0 Å². The second-order valence-electron chi connectivity index (χ2n) is 8.84. The molecule has 5 rings (SSSR count). The van der Waals surface area contributed by atoms with Crippen molar-refractivity contribution in [1.29, 1.82) is 0 Å². The number of sulfone groups is 2. The molecule has 2 heterocycles. The van der Waals surface area contributed by atoms with E-state index in [2.05, 4.69) is 25.6 Å². The monoisotopic (exact) mass is 594 g/mol. The van der Waals surface area contributed by atoms with Gasteiger partial charge in [-0.1, -0.05) is 18.2 Å². The maximum Gasteiger partial charge on any atom is 0.206 e. The molecule has 0 saturated carbocycles. The summed E-state index contributed by atoms with van der Waals surface area (Å²) in [6.45, 7) is 0.811. The van der Waals surface area contributed by atoms with E-state index in [0.717, 1.165) is 26.4 Å². The minimum atomic E-state index is -3.61. The molecule has 10 nitrogen and oxygen atoms in total. The van der Waals surface area contributed by atoms with Crippen molar-refractivity contribution < 1.29 is 16.8 Å². The Kier molecular flexibility index (Phi) is 8.19. The van der Waals surface area contributed by atoms with Gasteiger partial charge in [0.15, 0.2) is 9.84 Å². The van der Waals surface area contributed by atoms with Gasteiger partial charge in [0.2, 0.25) is 9.84 Å². The number of anilines is 2. The average Bonchev–Trinajstić information content (AvgIpc) is 3.45. The largest absolute Gasteiger partial charge is 0.340 e. The quantitative estimate of drug-likeness (QED) is 0.192. The molecular weight excluding hydrogens is 569 g/mol. The fraction of sp³-hybridized carbons (Fsp3) is 0.148. The third-order valence-electron chi connectivity index (χ3n) is 6.06. The fourth-order valence-corrected chi connectivity index (χ4v) is 6.71. The number of rotatable bonds is 11. The number of nitrogens with one attached hydrogen (secondary N) is 2. The van der Waals surface area contributed by atoms with Gasteiger partial charge in [-0.3, -0.25) is 0 Å². The Hall–Kier alpha value is -3.75. The molecule has 0 aliphatic heterocycles. The molecule has 0 amide bonds. The minimum absolute atomic E-state index is 0.0127. The molecule has 2 aromatic heterocycles. The van der Waals surface area contributed by atoms with Crippen LogP contribution in [-0.2, 0) is 26.2 Å². The molecule has 0 aliphatic carbocycles. The number of thiazole rings is 1. The molecule has 40 heavy (non-hydrogen) atoms. The summed E-state index contributed by atoms with van der Waals surface area (Å²) in [4.78, 5) is 14.7. The Morgan fingerprint density at radius 3 is 2.35 bits per heavy atom. The van der Waals surface area contributed by atoms with Gasteiger partial charge in [0.1, 0.15) is 17.2 Å². The number of benzene rings is 3. The van der Waals surface area contributed by atoms with E-state index in [0.29, 0.717) is 24.6 Å². The minimum Gasteiger partial charge on any atom is -0.340 e. The molecular formula is C27H26N6O4S3. The Bertz CT molecular complexity index is 1840. The summed E-state index contributed by atoms with van der Waals surface area (Å²) >= 11 is 1.50. The Morgan fingerprint density at radius 1 is 0.850 bits per heavy atom. The number of hydrogen-bond acceptors (Lipinski definition) is 11. The van der Waals surface area contributed by atoms with Crippen LogP contribution in [0.2, 0.25) is 0 Å².